The quantitative estimate of drug-likeness (QED) is 0.00944. The number of nitro groups is 1. The molecule has 6 rings (SSSR count). The number of ether oxygens (including phenoxy) is 4. The predicted molar refractivity (Wildman–Crippen MR) is 304 cm³/mol. The Morgan fingerprint density at radius 3 is 1.74 bits per heavy atom. The summed E-state index contributed by atoms with van der Waals surface area (Å²) in [6, 6.07) is 18.7. The lowest BCUT2D eigenvalue weighted by atomic mass is 10.1. The molecule has 4 aromatic carbocycles. The number of carbonyl (C=O) groups is 4. The number of urea groups is 2. The monoisotopic (exact) mass is 1380 g/mol. The van der Waals surface area contributed by atoms with Crippen LogP contribution in [-0.2, 0) is 46.7 Å². The number of anilines is 3. The van der Waals surface area contributed by atoms with Gasteiger partial charge in [-0.2, -0.15) is 55.7 Å². The van der Waals surface area contributed by atoms with E-state index in [2.05, 4.69) is 58.5 Å². The van der Waals surface area contributed by atoms with Crippen LogP contribution in [0.1, 0.15) is 28.2 Å². The fourth-order valence-corrected chi connectivity index (χ4v) is 8.70. The predicted octanol–water partition coefficient (Wildman–Crippen LogP) is 6.36. The van der Waals surface area contributed by atoms with E-state index in [1.54, 1.807) is 34.3 Å². The molecule has 0 aliphatic carbocycles. The lowest BCUT2D eigenvalue weighted by Crippen LogP contribution is -2.35. The summed E-state index contributed by atoms with van der Waals surface area (Å²) in [7, 11) is -11.6. The van der Waals surface area contributed by atoms with Gasteiger partial charge in [0.05, 0.1) is 60.2 Å². The number of alkyl halides is 7. The van der Waals surface area contributed by atoms with Gasteiger partial charge >= 0.3 is 49.4 Å². The second kappa shape index (κ2) is 35.9. The standard InChI is InChI=1S/C15H16F3N5O4S.C14H10F4N4O7S.C12H9ClN2O3.C3H8NO5P.C3H9S/c1-9-19-12(22-14(20-9)27-2)21-13(24)23-28(25,26)11-6-4-3-5-10(11)7-8-15(16,17)18;15-11(16)28-8-5-9(29-12(17)18)20-13(19-8)21-14(25)22-30(26,27)7-4-2-1-3-6(7)10(23)24;13-11-10(18-8-4-2-1-3-5-8)7-6-9(12(11)14)15(16)17;5-3(6)1-4-2-10(7,8)9;1-4(2)3/h3-6H,7-8H2,1-2H3,(H2,19,20,21,22,23,24);1-5,11-12H,(H,23,24)(H2,19,20,21,22,25);1-7H,14H2;4H,1-2H2,(H,5,6)(H2,7,8,9);1-3H3/q;;;;+1/p-1. The molecular weight excluding hydrogens is 1330 g/mol. The molecular formula is C47H51ClF7N12O19PS3. The molecule has 0 radical (unpaired) electrons. The molecule has 10 N–H and O–H groups in total. The van der Waals surface area contributed by atoms with Crippen molar-refractivity contribution in [2.75, 3.05) is 55.1 Å². The number of nitrogen functional groups attached to an aromatic ring is 1. The number of sulfonamides is 2. The molecule has 0 spiro atoms. The van der Waals surface area contributed by atoms with Crippen molar-refractivity contribution in [2.45, 2.75) is 49.0 Å². The number of carboxylic acid groups (broad SMARTS) is 2. The highest BCUT2D eigenvalue weighted by Crippen LogP contribution is 2.39. The van der Waals surface area contributed by atoms with E-state index in [9.17, 15) is 86.3 Å². The number of aromatic carboxylic acids is 1. The van der Waals surface area contributed by atoms with E-state index in [4.69, 9.17) is 41.9 Å². The summed E-state index contributed by atoms with van der Waals surface area (Å²) in [5.41, 5.74) is 4.53. The van der Waals surface area contributed by atoms with Crippen molar-refractivity contribution < 1.29 is 115 Å². The van der Waals surface area contributed by atoms with E-state index in [-0.39, 0.29) is 45.5 Å². The number of aliphatic carboxylic acids is 1. The number of nitrogens with two attached hydrogens (primary N) is 1. The van der Waals surface area contributed by atoms with Gasteiger partial charge in [0.25, 0.3) is 25.7 Å². The number of nitrogens with zero attached hydrogens (tertiary/aromatic N) is 6. The summed E-state index contributed by atoms with van der Waals surface area (Å²) in [4.78, 5) is 89.6. The zero-order valence-electron chi connectivity index (χ0n) is 46.6. The Labute approximate surface area is 512 Å². The van der Waals surface area contributed by atoms with Crippen LogP contribution in [0, 0.1) is 17.0 Å². The first-order valence-corrected chi connectivity index (χ1v) is 31.4. The third kappa shape index (κ3) is 29.8. The Hall–Kier alpha value is -8.99. The van der Waals surface area contributed by atoms with Gasteiger partial charge in [-0.25, -0.2) is 40.7 Å². The van der Waals surface area contributed by atoms with Gasteiger partial charge in [-0.05, 0) is 66.2 Å². The Bertz CT molecular complexity index is 3680. The Kier molecular flexibility index (Phi) is 30.7. The average molecular weight is 1380 g/mol. The number of nitrogens with one attached hydrogen (secondary N) is 5. The van der Waals surface area contributed by atoms with Crippen molar-refractivity contribution in [3.8, 4) is 29.3 Å². The van der Waals surface area contributed by atoms with Gasteiger partial charge in [-0.3, -0.25) is 30.9 Å². The summed E-state index contributed by atoms with van der Waals surface area (Å²) in [6.45, 7) is -5.80. The van der Waals surface area contributed by atoms with Crippen LogP contribution in [0.15, 0.2) is 107 Å². The number of carboxylic acids is 2. The number of carbonyl (C=O) groups excluding carboxylic acids is 2. The number of rotatable bonds is 21. The zero-order chi connectivity index (χ0) is 68.3. The number of methoxy groups -OCH3 is 1. The second-order valence-corrected chi connectivity index (χ2v) is 24.5. The summed E-state index contributed by atoms with van der Waals surface area (Å²) >= 11 is 5.94. The highest BCUT2D eigenvalue weighted by Gasteiger charge is 2.30. The lowest BCUT2D eigenvalue weighted by Gasteiger charge is -2.14. The number of hydrogen-bond acceptors (Lipinski definition) is 23. The zero-order valence-corrected chi connectivity index (χ0v) is 50.7. The third-order valence-electron chi connectivity index (χ3n) is 9.14. The van der Waals surface area contributed by atoms with Crippen molar-refractivity contribution in [1.82, 2.24) is 39.7 Å². The van der Waals surface area contributed by atoms with E-state index in [0.717, 1.165) is 18.2 Å². The summed E-state index contributed by atoms with van der Waals surface area (Å²) in [6.07, 6.45) is -0.321. The molecule has 2 heterocycles. The maximum absolute atomic E-state index is 12.5. The number of hydrogen-bond donors (Lipinski definition) is 9. The number of para-hydroxylation sites is 1. The van der Waals surface area contributed by atoms with Crippen molar-refractivity contribution in [3.63, 3.8) is 0 Å². The fraction of sp³-hybridized carbons (Fsp3) is 0.255. The molecule has 0 fully saturated rings. The van der Waals surface area contributed by atoms with Crippen molar-refractivity contribution >= 4 is 97.4 Å². The van der Waals surface area contributed by atoms with Gasteiger partial charge in [0, 0.05) is 12.5 Å². The molecule has 4 amide bonds. The van der Waals surface area contributed by atoms with Gasteiger partial charge in [0.15, 0.2) is 0 Å². The number of benzene rings is 4. The Morgan fingerprint density at radius 2 is 1.27 bits per heavy atom. The van der Waals surface area contributed by atoms with Crippen LogP contribution in [0.25, 0.3) is 0 Å². The van der Waals surface area contributed by atoms with E-state index >= 15 is 0 Å². The number of aryl methyl sites for hydroxylation is 2. The summed E-state index contributed by atoms with van der Waals surface area (Å²) < 4.78 is 167. The maximum Gasteiger partial charge on any atom is 0.389 e. The van der Waals surface area contributed by atoms with E-state index in [1.165, 1.54) is 61.2 Å². The minimum Gasteiger partial charge on any atom is -0.778 e. The van der Waals surface area contributed by atoms with E-state index in [0.29, 0.717) is 22.7 Å². The van der Waals surface area contributed by atoms with Gasteiger partial charge in [0.1, 0.15) is 40.5 Å². The molecule has 90 heavy (non-hydrogen) atoms. The van der Waals surface area contributed by atoms with Gasteiger partial charge in [-0.15, -0.1) is 0 Å². The van der Waals surface area contributed by atoms with Gasteiger partial charge < -0.3 is 49.2 Å². The fourth-order valence-electron chi connectivity index (χ4n) is 5.82. The molecule has 492 valence electrons. The number of halogens is 8. The largest absolute Gasteiger partial charge is 0.778 e. The van der Waals surface area contributed by atoms with Crippen LogP contribution in [0.5, 0.6) is 29.3 Å². The Morgan fingerprint density at radius 1 is 0.778 bits per heavy atom. The van der Waals surface area contributed by atoms with Crippen molar-refractivity contribution in [2.24, 2.45) is 0 Å². The number of nitro benzene ring substituents is 1. The van der Waals surface area contributed by atoms with Crippen LogP contribution < -0.4 is 55.0 Å². The third-order valence-corrected chi connectivity index (χ3v) is 13.0. The van der Waals surface area contributed by atoms with Crippen LogP contribution >= 0.6 is 19.2 Å². The maximum atomic E-state index is 12.5. The Balaban J connectivity index is 0.000000423. The van der Waals surface area contributed by atoms with Crippen LogP contribution in [-0.4, -0.2) is 144 Å². The first-order valence-electron chi connectivity index (χ1n) is 23.8. The number of aromatic nitrogens is 5. The SMILES string of the molecule is COc1nc(C)nc(NC(=O)NS(=O)(=O)c2ccccc2CCC(F)(F)F)n1.C[S+](C)C.Nc1c([N+](=O)[O-])ccc(Oc2ccccc2)c1Cl.O=C(Nc1nc(OC(F)F)cc(OC(F)F)n1)NS(=O)(=O)c1ccccc1C(=O)O.O=C(O)CNCP(=O)([O-])O. The first kappa shape index (κ1) is 77.1. The topological polar surface area (TPSA) is 468 Å². The van der Waals surface area contributed by atoms with E-state index < -0.39 is 135 Å². The second-order valence-electron chi connectivity index (χ2n) is 16.8. The van der Waals surface area contributed by atoms with Crippen LogP contribution in [0.2, 0.25) is 5.02 Å². The van der Waals surface area contributed by atoms with Crippen LogP contribution in [0.3, 0.4) is 0 Å². The molecule has 0 saturated heterocycles. The normalized spacial score (nSPS) is 11.6. The van der Waals surface area contributed by atoms with Crippen molar-refractivity contribution in [1.29, 1.82) is 0 Å². The summed E-state index contributed by atoms with van der Waals surface area (Å²) in [5.74, 6) is -4.82. The van der Waals surface area contributed by atoms with Crippen molar-refractivity contribution in [3.05, 3.63) is 129 Å². The molecule has 0 bridgehead atoms. The minimum atomic E-state index is -4.71. The molecule has 1 unspecified atom stereocenters. The lowest BCUT2D eigenvalue weighted by molar-refractivity contribution is -0.383. The molecule has 31 nitrogen and oxygen atoms in total. The smallest absolute Gasteiger partial charge is 0.389 e. The molecule has 43 heteroatoms. The molecule has 6 aromatic rings. The average Bonchev–Trinajstić information content (AvgIpc) is 0.930. The highest BCUT2D eigenvalue weighted by molar-refractivity contribution is 7.94. The molecule has 0 aliphatic rings. The first-order chi connectivity index (χ1) is 41.7. The minimum absolute atomic E-state index is 0.0352. The summed E-state index contributed by atoms with van der Waals surface area (Å²) in [5, 5.41) is 33.5. The molecule has 1 atom stereocenters. The van der Waals surface area contributed by atoms with Crippen LogP contribution in [0.4, 0.5) is 63.6 Å². The molecule has 0 aliphatic heterocycles. The highest BCUT2D eigenvalue weighted by atomic mass is 35.5. The van der Waals surface area contributed by atoms with Gasteiger partial charge in [0.2, 0.25) is 23.7 Å². The van der Waals surface area contributed by atoms with Gasteiger partial charge in [-0.1, -0.05) is 60.1 Å². The van der Waals surface area contributed by atoms with E-state index in [1.807, 2.05) is 11.4 Å². The molecule has 2 aromatic heterocycles. The molecule has 0 saturated carbocycles. The number of amides is 4.